The third kappa shape index (κ3) is 3.28. The van der Waals surface area contributed by atoms with Gasteiger partial charge in [0.15, 0.2) is 5.82 Å². The zero-order chi connectivity index (χ0) is 11.4. The molecule has 1 aromatic heterocycles. The molecular weight excluding hydrogens is 206 g/mol. The molecule has 0 amide bonds. The maximum Gasteiger partial charge on any atom is 0.213 e. The molecule has 0 spiro atoms. The van der Waals surface area contributed by atoms with E-state index in [1.807, 2.05) is 0 Å². The first-order valence-corrected chi connectivity index (χ1v) is 5.79. The Bertz CT molecular complexity index is 311. The number of nitrogens with zero attached hydrogens (tertiary/aromatic N) is 2. The van der Waals surface area contributed by atoms with E-state index in [2.05, 4.69) is 33.8 Å². The van der Waals surface area contributed by atoms with Gasteiger partial charge in [-0.3, -0.25) is 0 Å². The van der Waals surface area contributed by atoms with Gasteiger partial charge in [-0.15, -0.1) is 0 Å². The van der Waals surface area contributed by atoms with Crippen LogP contribution in [0, 0.1) is 0 Å². The highest BCUT2D eigenvalue weighted by atomic mass is 16.5. The monoisotopic (exact) mass is 225 g/mol. The van der Waals surface area contributed by atoms with E-state index in [-0.39, 0.29) is 5.60 Å². The van der Waals surface area contributed by atoms with Crippen LogP contribution in [-0.4, -0.2) is 34.9 Å². The Kier molecular flexibility index (Phi) is 3.56. The van der Waals surface area contributed by atoms with Crippen LogP contribution in [0.1, 0.15) is 32.5 Å². The highest BCUT2D eigenvalue weighted by Gasteiger charge is 2.30. The largest absolute Gasteiger partial charge is 0.371 e. The smallest absolute Gasteiger partial charge is 0.213 e. The van der Waals surface area contributed by atoms with Crippen LogP contribution in [0.5, 0.6) is 0 Å². The average molecular weight is 225 g/mol. The number of hydrogen-bond acceptors (Lipinski definition) is 5. The lowest BCUT2D eigenvalue weighted by molar-refractivity contribution is -0.0140. The first-order chi connectivity index (χ1) is 7.66. The van der Waals surface area contributed by atoms with Crippen molar-refractivity contribution in [3.05, 3.63) is 12.2 Å². The maximum absolute atomic E-state index is 5.87. The highest BCUT2D eigenvalue weighted by Crippen LogP contribution is 2.28. The number of ether oxygens (including phenoxy) is 1. The molecule has 0 radical (unpaired) electrons. The second-order valence-electron chi connectivity index (χ2n) is 4.84. The van der Waals surface area contributed by atoms with Crippen LogP contribution in [-0.2, 0) is 11.2 Å². The van der Waals surface area contributed by atoms with Crippen LogP contribution in [0.4, 0.5) is 0 Å². The fourth-order valence-corrected chi connectivity index (χ4v) is 1.99. The fraction of sp³-hybridized carbons (Fsp3) is 0.818. The van der Waals surface area contributed by atoms with E-state index in [9.17, 15) is 0 Å². The molecule has 0 bridgehead atoms. The summed E-state index contributed by atoms with van der Waals surface area (Å²) in [7, 11) is 0. The summed E-state index contributed by atoms with van der Waals surface area (Å²) in [5.74, 6) is 0.750. The lowest BCUT2D eigenvalue weighted by Gasteiger charge is -2.19. The molecule has 0 aromatic carbocycles. The maximum atomic E-state index is 5.87. The summed E-state index contributed by atoms with van der Waals surface area (Å²) in [6, 6.07) is 0. The van der Waals surface area contributed by atoms with Crippen molar-refractivity contribution in [2.24, 2.45) is 0 Å². The first-order valence-electron chi connectivity index (χ1n) is 5.79. The SMILES string of the molecule is CC1(C)CCC(CNCCc2ncon2)O1. The molecule has 1 aliphatic rings. The van der Waals surface area contributed by atoms with Gasteiger partial charge in [0, 0.05) is 19.5 Å². The molecule has 0 saturated carbocycles. The van der Waals surface area contributed by atoms with Gasteiger partial charge in [0.1, 0.15) is 0 Å². The topological polar surface area (TPSA) is 60.2 Å². The van der Waals surface area contributed by atoms with Crippen LogP contribution in [0.25, 0.3) is 0 Å². The molecule has 16 heavy (non-hydrogen) atoms. The van der Waals surface area contributed by atoms with Gasteiger partial charge >= 0.3 is 0 Å². The van der Waals surface area contributed by atoms with E-state index < -0.39 is 0 Å². The van der Waals surface area contributed by atoms with Crippen molar-refractivity contribution >= 4 is 0 Å². The molecule has 0 aliphatic carbocycles. The van der Waals surface area contributed by atoms with Crippen molar-refractivity contribution in [1.29, 1.82) is 0 Å². The van der Waals surface area contributed by atoms with Gasteiger partial charge in [0.25, 0.3) is 0 Å². The highest BCUT2D eigenvalue weighted by molar-refractivity contribution is 4.83. The minimum atomic E-state index is 0.0556. The average Bonchev–Trinajstić information content (AvgIpc) is 2.82. The van der Waals surface area contributed by atoms with E-state index in [1.165, 1.54) is 6.39 Å². The Hall–Kier alpha value is -0.940. The minimum absolute atomic E-state index is 0.0556. The standard InChI is InChI=1S/C11H19N3O2/c1-11(2)5-3-9(16-11)7-12-6-4-10-13-8-15-14-10/h8-9,12H,3-7H2,1-2H3. The summed E-state index contributed by atoms with van der Waals surface area (Å²) in [6.07, 6.45) is 4.79. The number of rotatable bonds is 5. The zero-order valence-corrected chi connectivity index (χ0v) is 9.90. The molecule has 5 nitrogen and oxygen atoms in total. The lowest BCUT2D eigenvalue weighted by atomic mass is 10.1. The van der Waals surface area contributed by atoms with Gasteiger partial charge in [-0.1, -0.05) is 5.16 Å². The summed E-state index contributed by atoms with van der Waals surface area (Å²) in [5.41, 5.74) is 0.0556. The number of nitrogens with one attached hydrogen (secondary N) is 1. The quantitative estimate of drug-likeness (QED) is 0.762. The van der Waals surface area contributed by atoms with Gasteiger partial charge < -0.3 is 14.6 Å². The molecule has 1 saturated heterocycles. The van der Waals surface area contributed by atoms with Gasteiger partial charge in [-0.05, 0) is 26.7 Å². The van der Waals surface area contributed by atoms with Crippen molar-refractivity contribution in [2.75, 3.05) is 13.1 Å². The molecule has 1 N–H and O–H groups in total. The van der Waals surface area contributed by atoms with Crippen LogP contribution in [0.3, 0.4) is 0 Å². The predicted octanol–water partition coefficient (Wildman–Crippen LogP) is 1.16. The van der Waals surface area contributed by atoms with Crippen molar-refractivity contribution in [2.45, 2.75) is 44.8 Å². The molecule has 1 atom stereocenters. The van der Waals surface area contributed by atoms with Gasteiger partial charge in [0.2, 0.25) is 6.39 Å². The minimum Gasteiger partial charge on any atom is -0.371 e. The van der Waals surface area contributed by atoms with Crippen LogP contribution in [0.15, 0.2) is 10.9 Å². The van der Waals surface area contributed by atoms with Crippen LogP contribution >= 0.6 is 0 Å². The summed E-state index contributed by atoms with van der Waals surface area (Å²) in [4.78, 5) is 3.96. The van der Waals surface area contributed by atoms with Crippen LogP contribution < -0.4 is 5.32 Å². The summed E-state index contributed by atoms with van der Waals surface area (Å²) >= 11 is 0. The van der Waals surface area contributed by atoms with Crippen LogP contribution in [0.2, 0.25) is 0 Å². The first kappa shape index (κ1) is 11.5. The van der Waals surface area contributed by atoms with Gasteiger partial charge in [-0.2, -0.15) is 4.98 Å². The van der Waals surface area contributed by atoms with E-state index in [1.54, 1.807) is 0 Å². The van der Waals surface area contributed by atoms with E-state index >= 15 is 0 Å². The third-order valence-electron chi connectivity index (χ3n) is 2.86. The Labute approximate surface area is 95.6 Å². The third-order valence-corrected chi connectivity index (χ3v) is 2.86. The Morgan fingerprint density at radius 1 is 1.56 bits per heavy atom. The van der Waals surface area contributed by atoms with Crippen molar-refractivity contribution < 1.29 is 9.26 Å². The Morgan fingerprint density at radius 3 is 3.06 bits per heavy atom. The van der Waals surface area contributed by atoms with Crippen molar-refractivity contribution in [3.8, 4) is 0 Å². The molecule has 2 rings (SSSR count). The molecule has 1 unspecified atom stereocenters. The summed E-state index contributed by atoms with van der Waals surface area (Å²) in [5, 5.41) is 7.11. The molecule has 1 fully saturated rings. The number of aromatic nitrogens is 2. The molecule has 1 aromatic rings. The van der Waals surface area contributed by atoms with Gasteiger partial charge in [-0.25, -0.2) is 0 Å². The molecular formula is C11H19N3O2. The molecule has 5 heteroatoms. The van der Waals surface area contributed by atoms with Crippen molar-refractivity contribution in [1.82, 2.24) is 15.5 Å². The van der Waals surface area contributed by atoms with E-state index in [0.717, 1.165) is 38.2 Å². The second-order valence-corrected chi connectivity index (χ2v) is 4.84. The Morgan fingerprint density at radius 2 is 2.44 bits per heavy atom. The molecule has 1 aliphatic heterocycles. The Balaban J connectivity index is 1.59. The zero-order valence-electron chi connectivity index (χ0n) is 9.90. The second kappa shape index (κ2) is 4.93. The van der Waals surface area contributed by atoms with Gasteiger partial charge in [0.05, 0.1) is 11.7 Å². The molecule has 2 heterocycles. The lowest BCUT2D eigenvalue weighted by Crippen LogP contribution is -2.30. The fourth-order valence-electron chi connectivity index (χ4n) is 1.99. The van der Waals surface area contributed by atoms with Crippen molar-refractivity contribution in [3.63, 3.8) is 0 Å². The number of hydrogen-bond donors (Lipinski definition) is 1. The summed E-state index contributed by atoms with van der Waals surface area (Å²) in [6.45, 7) is 6.06. The predicted molar refractivity (Wildman–Crippen MR) is 59.1 cm³/mol. The molecule has 90 valence electrons. The van der Waals surface area contributed by atoms with E-state index in [4.69, 9.17) is 4.74 Å². The normalized spacial score (nSPS) is 23.8. The summed E-state index contributed by atoms with van der Waals surface area (Å²) < 4.78 is 10.5. The van der Waals surface area contributed by atoms with E-state index in [0.29, 0.717) is 6.10 Å².